The molecule has 0 aromatic heterocycles. The van der Waals surface area contributed by atoms with Gasteiger partial charge in [0, 0.05) is 31.0 Å². The highest BCUT2D eigenvalue weighted by atomic mass is 19.1. The minimum atomic E-state index is -0.413. The monoisotopic (exact) mass is 491 g/mol. The van der Waals surface area contributed by atoms with E-state index in [1.165, 1.54) is 11.0 Å². The molecule has 0 bridgehead atoms. The third-order valence-corrected chi connectivity index (χ3v) is 5.67. The van der Waals surface area contributed by atoms with Gasteiger partial charge in [-0.2, -0.15) is 0 Å². The smallest absolute Gasteiger partial charge is 0.244 e. The van der Waals surface area contributed by atoms with Crippen molar-refractivity contribution in [3.63, 3.8) is 0 Å². The Bertz CT molecular complexity index is 1280. The molecule has 9 heteroatoms. The highest BCUT2D eigenvalue weighted by molar-refractivity contribution is 6.10. The predicted molar refractivity (Wildman–Crippen MR) is 132 cm³/mol. The summed E-state index contributed by atoms with van der Waals surface area (Å²) in [4.78, 5) is 38.4. The third kappa shape index (κ3) is 6.18. The Morgan fingerprint density at radius 1 is 1.03 bits per heavy atom. The molecule has 1 aliphatic heterocycles. The van der Waals surface area contributed by atoms with E-state index >= 15 is 0 Å². The number of methoxy groups -OCH3 is 1. The minimum Gasteiger partial charge on any atom is -0.497 e. The van der Waals surface area contributed by atoms with Crippen LogP contribution in [0.5, 0.6) is 11.5 Å². The molecule has 0 unspecified atom stereocenters. The second-order valence-corrected chi connectivity index (χ2v) is 8.22. The van der Waals surface area contributed by atoms with Crippen molar-refractivity contribution in [1.29, 1.82) is 0 Å². The van der Waals surface area contributed by atoms with Gasteiger partial charge in [0.25, 0.3) is 0 Å². The average molecular weight is 492 g/mol. The Hall–Kier alpha value is -4.40. The van der Waals surface area contributed by atoms with Crippen molar-refractivity contribution >= 4 is 29.1 Å². The molecule has 3 amide bonds. The van der Waals surface area contributed by atoms with Crippen molar-refractivity contribution in [2.75, 3.05) is 23.9 Å². The number of carbonyl (C=O) groups is 3. The van der Waals surface area contributed by atoms with Gasteiger partial charge in [-0.1, -0.05) is 24.3 Å². The highest BCUT2D eigenvalue weighted by Gasteiger charge is 2.26. The van der Waals surface area contributed by atoms with Crippen LogP contribution in [-0.2, 0) is 27.5 Å². The summed E-state index contributed by atoms with van der Waals surface area (Å²) in [5, 5.41) is 5.48. The molecule has 0 saturated carbocycles. The first-order chi connectivity index (χ1) is 17.4. The Labute approximate surface area is 208 Å². The first-order valence-electron chi connectivity index (χ1n) is 11.4. The molecule has 186 valence electrons. The number of amides is 3. The van der Waals surface area contributed by atoms with Gasteiger partial charge in [-0.05, 0) is 42.0 Å². The van der Waals surface area contributed by atoms with E-state index < -0.39 is 5.82 Å². The van der Waals surface area contributed by atoms with E-state index in [-0.39, 0.29) is 50.3 Å². The van der Waals surface area contributed by atoms with Gasteiger partial charge in [0.1, 0.15) is 30.5 Å². The van der Waals surface area contributed by atoms with E-state index in [4.69, 9.17) is 9.47 Å². The summed E-state index contributed by atoms with van der Waals surface area (Å²) in [6.45, 7) is 0.0995. The van der Waals surface area contributed by atoms with Crippen LogP contribution in [0.1, 0.15) is 24.0 Å². The van der Waals surface area contributed by atoms with E-state index in [2.05, 4.69) is 10.6 Å². The zero-order valence-electron chi connectivity index (χ0n) is 19.8. The van der Waals surface area contributed by atoms with Gasteiger partial charge in [-0.3, -0.25) is 14.4 Å². The van der Waals surface area contributed by atoms with Crippen LogP contribution in [0.15, 0.2) is 66.7 Å². The van der Waals surface area contributed by atoms with Gasteiger partial charge in [0.05, 0.1) is 18.5 Å². The SMILES string of the molecule is COc1cccc(OCc2cc(CNC(=O)CCC(=O)N3CC(=O)Nc4ccccc43)ccc2F)c1. The molecular formula is C27H26FN3O5. The minimum absolute atomic E-state index is 0.0141. The van der Waals surface area contributed by atoms with Crippen LogP contribution in [0, 0.1) is 5.82 Å². The first-order valence-corrected chi connectivity index (χ1v) is 11.4. The normalized spacial score (nSPS) is 12.4. The van der Waals surface area contributed by atoms with E-state index in [1.807, 2.05) is 0 Å². The maximum Gasteiger partial charge on any atom is 0.244 e. The maximum atomic E-state index is 14.3. The van der Waals surface area contributed by atoms with Crippen LogP contribution in [0.4, 0.5) is 15.8 Å². The van der Waals surface area contributed by atoms with Gasteiger partial charge in [-0.15, -0.1) is 0 Å². The van der Waals surface area contributed by atoms with Gasteiger partial charge >= 0.3 is 0 Å². The summed E-state index contributed by atoms with van der Waals surface area (Å²) in [6.07, 6.45) is -0.0807. The number of carbonyl (C=O) groups excluding carboxylic acids is 3. The fourth-order valence-corrected chi connectivity index (χ4v) is 3.80. The predicted octanol–water partition coefficient (Wildman–Crippen LogP) is 3.80. The molecule has 0 spiro atoms. The lowest BCUT2D eigenvalue weighted by atomic mass is 10.1. The maximum absolute atomic E-state index is 14.3. The molecule has 1 aliphatic rings. The van der Waals surface area contributed by atoms with Crippen LogP contribution < -0.4 is 25.0 Å². The zero-order chi connectivity index (χ0) is 25.5. The zero-order valence-corrected chi connectivity index (χ0v) is 19.8. The molecule has 2 N–H and O–H groups in total. The van der Waals surface area contributed by atoms with Gasteiger partial charge < -0.3 is 25.0 Å². The van der Waals surface area contributed by atoms with E-state index in [0.717, 1.165) is 0 Å². The highest BCUT2D eigenvalue weighted by Crippen LogP contribution is 2.29. The largest absolute Gasteiger partial charge is 0.497 e. The van der Waals surface area contributed by atoms with Crippen LogP contribution in [0.3, 0.4) is 0 Å². The molecule has 3 aromatic carbocycles. The summed E-state index contributed by atoms with van der Waals surface area (Å²) >= 11 is 0. The number of nitrogens with one attached hydrogen (secondary N) is 2. The van der Waals surface area contributed by atoms with Gasteiger partial charge in [0.2, 0.25) is 17.7 Å². The number of para-hydroxylation sites is 2. The summed E-state index contributed by atoms with van der Waals surface area (Å²) in [7, 11) is 1.55. The van der Waals surface area contributed by atoms with Crippen molar-refractivity contribution in [2.45, 2.75) is 26.0 Å². The number of anilines is 2. The number of benzene rings is 3. The Balaban J connectivity index is 1.28. The molecule has 0 radical (unpaired) electrons. The second-order valence-electron chi connectivity index (χ2n) is 8.22. The molecule has 0 aliphatic carbocycles. The van der Waals surface area contributed by atoms with Crippen molar-refractivity contribution in [2.24, 2.45) is 0 Å². The molecule has 1 heterocycles. The molecule has 3 aromatic rings. The van der Waals surface area contributed by atoms with Crippen molar-refractivity contribution in [3.05, 3.63) is 83.7 Å². The number of rotatable bonds is 9. The topological polar surface area (TPSA) is 97.0 Å². The lowest BCUT2D eigenvalue weighted by Crippen LogP contribution is -2.42. The van der Waals surface area contributed by atoms with Crippen LogP contribution in [0.2, 0.25) is 0 Å². The molecule has 0 atom stereocenters. The fourth-order valence-electron chi connectivity index (χ4n) is 3.80. The fraction of sp³-hybridized carbons (Fsp3) is 0.222. The number of hydrogen-bond acceptors (Lipinski definition) is 5. The Morgan fingerprint density at radius 2 is 1.83 bits per heavy atom. The molecule has 8 nitrogen and oxygen atoms in total. The number of fused-ring (bicyclic) bond motifs is 1. The van der Waals surface area contributed by atoms with Gasteiger partial charge in [-0.25, -0.2) is 4.39 Å². The Kier molecular flexibility index (Phi) is 7.79. The Morgan fingerprint density at radius 3 is 2.67 bits per heavy atom. The first kappa shape index (κ1) is 24.7. The number of ether oxygens (including phenoxy) is 2. The summed E-state index contributed by atoms with van der Waals surface area (Å²) in [5.74, 6) is -0.150. The quantitative estimate of drug-likeness (QED) is 0.475. The molecule has 0 saturated heterocycles. The third-order valence-electron chi connectivity index (χ3n) is 5.67. The van der Waals surface area contributed by atoms with E-state index in [9.17, 15) is 18.8 Å². The van der Waals surface area contributed by atoms with E-state index in [0.29, 0.717) is 34.0 Å². The van der Waals surface area contributed by atoms with Crippen molar-refractivity contribution in [1.82, 2.24) is 5.32 Å². The lowest BCUT2D eigenvalue weighted by molar-refractivity contribution is -0.125. The summed E-state index contributed by atoms with van der Waals surface area (Å²) in [6, 6.07) is 18.6. The van der Waals surface area contributed by atoms with E-state index in [1.54, 1.807) is 67.8 Å². The summed E-state index contributed by atoms with van der Waals surface area (Å²) in [5.41, 5.74) is 2.22. The van der Waals surface area contributed by atoms with Gasteiger partial charge in [0.15, 0.2) is 0 Å². The second kappa shape index (κ2) is 11.4. The summed E-state index contributed by atoms with van der Waals surface area (Å²) < 4.78 is 25.1. The number of nitrogens with zero attached hydrogens (tertiary/aromatic N) is 1. The van der Waals surface area contributed by atoms with Crippen LogP contribution in [-0.4, -0.2) is 31.4 Å². The van der Waals surface area contributed by atoms with Crippen LogP contribution in [0.25, 0.3) is 0 Å². The molecule has 0 fully saturated rings. The standard InChI is InChI=1S/C27H26FN3O5/c1-35-20-5-4-6-21(14-20)36-17-19-13-18(9-10-22(19)28)15-29-25(32)11-12-27(34)31-16-26(33)30-23-7-2-3-8-24(23)31/h2-10,13-14H,11-12,15-17H2,1H3,(H,29,32)(H,30,33). The number of hydrogen-bond donors (Lipinski definition) is 2. The lowest BCUT2D eigenvalue weighted by Gasteiger charge is -2.29. The molecular weight excluding hydrogens is 465 g/mol. The number of halogens is 1. The van der Waals surface area contributed by atoms with Crippen molar-refractivity contribution < 1.29 is 28.2 Å². The average Bonchev–Trinajstić information content (AvgIpc) is 2.90. The molecule has 4 rings (SSSR count). The molecule has 36 heavy (non-hydrogen) atoms. The van der Waals surface area contributed by atoms with Crippen LogP contribution >= 0.6 is 0 Å². The van der Waals surface area contributed by atoms with Crippen molar-refractivity contribution in [3.8, 4) is 11.5 Å².